The fourth-order valence-corrected chi connectivity index (χ4v) is 7.13. The minimum atomic E-state index is -5.61. The van der Waals surface area contributed by atoms with Crippen LogP contribution in [0.25, 0.3) is 0 Å². The van der Waals surface area contributed by atoms with Gasteiger partial charge in [-0.2, -0.15) is 22.0 Å². The number of hydrogen-bond acceptors (Lipinski definition) is 7. The topological polar surface area (TPSA) is 112 Å². The number of hydrogen-bond donors (Lipinski definition) is 2. The van der Waals surface area contributed by atoms with Crippen LogP contribution in [0.2, 0.25) is 0 Å². The molecule has 2 aliphatic rings. The van der Waals surface area contributed by atoms with Gasteiger partial charge in [-0.3, -0.25) is 15.0 Å². The van der Waals surface area contributed by atoms with E-state index in [1.807, 2.05) is 4.90 Å². The first-order valence-corrected chi connectivity index (χ1v) is 13.8. The summed E-state index contributed by atoms with van der Waals surface area (Å²) in [5.74, 6) is -5.89. The fraction of sp³-hybridized carbons (Fsp3) is 0.739. The van der Waals surface area contributed by atoms with Gasteiger partial charge in [0.05, 0.1) is 6.61 Å². The van der Waals surface area contributed by atoms with E-state index in [2.05, 4.69) is 4.98 Å². The molecule has 1 amide bonds. The molecule has 0 aromatic carbocycles. The molecule has 0 spiro atoms. The molecule has 0 radical (unpaired) electrons. The van der Waals surface area contributed by atoms with Gasteiger partial charge in [0.2, 0.25) is 10.0 Å². The van der Waals surface area contributed by atoms with Crippen molar-refractivity contribution < 1.29 is 45.1 Å². The zero-order valence-corrected chi connectivity index (χ0v) is 21.8. The molecule has 3 rings (SSSR count). The number of piperidine rings is 2. The Labute approximate surface area is 218 Å². The van der Waals surface area contributed by atoms with E-state index in [1.54, 1.807) is 13.2 Å². The first kappa shape index (κ1) is 30.6. The minimum Gasteiger partial charge on any atom is -0.383 e. The maximum absolute atomic E-state index is 13.6. The van der Waals surface area contributed by atoms with Crippen molar-refractivity contribution in [3.8, 4) is 0 Å². The van der Waals surface area contributed by atoms with Crippen LogP contribution < -0.4 is 5.48 Å². The highest BCUT2D eigenvalue weighted by Crippen LogP contribution is 2.39. The molecule has 1 aromatic heterocycles. The number of hydroxylamine groups is 1. The number of aromatic nitrogens is 1. The summed E-state index contributed by atoms with van der Waals surface area (Å²) in [5, 5.41) is 9.34. The molecule has 2 N–H and O–H groups in total. The molecule has 38 heavy (non-hydrogen) atoms. The molecule has 3 heterocycles. The van der Waals surface area contributed by atoms with Gasteiger partial charge in [0.15, 0.2) is 4.75 Å². The Morgan fingerprint density at radius 1 is 1.16 bits per heavy atom. The number of carbonyl (C=O) groups excluding carboxylic acids is 1. The van der Waals surface area contributed by atoms with Crippen LogP contribution in [-0.2, 0) is 26.0 Å². The molecule has 0 aliphatic carbocycles. The van der Waals surface area contributed by atoms with Crippen LogP contribution in [0.1, 0.15) is 49.3 Å². The van der Waals surface area contributed by atoms with E-state index in [0.717, 1.165) is 0 Å². The number of nitrogens with one attached hydrogen (secondary N) is 1. The zero-order chi connectivity index (χ0) is 28.2. The van der Waals surface area contributed by atoms with Crippen molar-refractivity contribution in [2.45, 2.75) is 61.3 Å². The first-order valence-electron chi connectivity index (χ1n) is 12.3. The van der Waals surface area contributed by atoms with Crippen LogP contribution in [0.3, 0.4) is 0 Å². The number of methoxy groups -OCH3 is 1. The SMILES string of the molecule is COCCN1CCC(C(=O)NO)(S(=O)(=O)N2CCC(c3ccc(CCC(F)(F)C(F)(F)F)cn3)CC2)CC1. The highest BCUT2D eigenvalue weighted by Gasteiger charge is 2.57. The summed E-state index contributed by atoms with van der Waals surface area (Å²) in [6, 6.07) is 3.02. The number of carbonyl (C=O) groups is 1. The molecule has 9 nitrogen and oxygen atoms in total. The Balaban J connectivity index is 1.62. The summed E-state index contributed by atoms with van der Waals surface area (Å²) in [6.45, 7) is 1.98. The first-order chi connectivity index (χ1) is 17.8. The number of rotatable bonds is 10. The van der Waals surface area contributed by atoms with Gasteiger partial charge >= 0.3 is 12.1 Å². The third kappa shape index (κ3) is 6.43. The van der Waals surface area contributed by atoms with Crippen LogP contribution in [0.15, 0.2) is 18.3 Å². The lowest BCUT2D eigenvalue weighted by molar-refractivity contribution is -0.284. The van der Waals surface area contributed by atoms with Gasteiger partial charge in [-0.1, -0.05) is 6.07 Å². The fourth-order valence-electron chi connectivity index (χ4n) is 4.97. The van der Waals surface area contributed by atoms with Gasteiger partial charge < -0.3 is 9.64 Å². The molecule has 15 heteroatoms. The van der Waals surface area contributed by atoms with Gasteiger partial charge in [-0.15, -0.1) is 0 Å². The number of ether oxygens (including phenoxy) is 1. The van der Waals surface area contributed by atoms with E-state index in [9.17, 15) is 40.4 Å². The van der Waals surface area contributed by atoms with Crippen LogP contribution in [0, 0.1) is 0 Å². The van der Waals surface area contributed by atoms with E-state index in [1.165, 1.54) is 22.0 Å². The minimum absolute atomic E-state index is 0.0156. The predicted molar refractivity (Wildman–Crippen MR) is 126 cm³/mol. The van der Waals surface area contributed by atoms with E-state index in [0.29, 0.717) is 44.8 Å². The Kier molecular flexibility index (Phi) is 9.72. The summed E-state index contributed by atoms with van der Waals surface area (Å²) in [7, 11) is -2.57. The van der Waals surface area contributed by atoms with Crippen molar-refractivity contribution in [1.29, 1.82) is 0 Å². The lowest BCUT2D eigenvalue weighted by atomic mass is 9.93. The van der Waals surface area contributed by atoms with Crippen molar-refractivity contribution in [1.82, 2.24) is 19.7 Å². The smallest absolute Gasteiger partial charge is 0.383 e. The monoisotopic (exact) mass is 572 g/mol. The third-order valence-corrected chi connectivity index (χ3v) is 10.1. The summed E-state index contributed by atoms with van der Waals surface area (Å²) >= 11 is 0. The Hall–Kier alpha value is -1.94. The quantitative estimate of drug-likeness (QED) is 0.252. The van der Waals surface area contributed by atoms with Crippen LogP contribution in [0.5, 0.6) is 0 Å². The summed E-state index contributed by atoms with van der Waals surface area (Å²) in [5.41, 5.74) is 2.37. The number of nitrogens with zero attached hydrogens (tertiary/aromatic N) is 3. The van der Waals surface area contributed by atoms with Gasteiger partial charge in [0.25, 0.3) is 5.91 Å². The number of sulfonamides is 1. The van der Waals surface area contributed by atoms with Gasteiger partial charge in [0.1, 0.15) is 0 Å². The largest absolute Gasteiger partial charge is 0.453 e. The molecule has 216 valence electrons. The second-order valence-corrected chi connectivity index (χ2v) is 12.0. The molecular weight excluding hydrogens is 539 g/mol. The summed E-state index contributed by atoms with van der Waals surface area (Å²) in [4.78, 5) is 18.9. The molecule has 2 aliphatic heterocycles. The normalized spacial score (nSPS) is 20.4. The number of alkyl halides is 5. The van der Waals surface area contributed by atoms with E-state index in [-0.39, 0.29) is 37.4 Å². The number of amides is 1. The molecular formula is C23H33F5N4O5S. The molecule has 2 fully saturated rings. The van der Waals surface area contributed by atoms with Crippen molar-refractivity contribution in [3.05, 3.63) is 29.6 Å². The van der Waals surface area contributed by atoms with Gasteiger partial charge in [0, 0.05) is 64.1 Å². The molecule has 0 atom stereocenters. The zero-order valence-electron chi connectivity index (χ0n) is 21.0. The number of aryl methyl sites for hydroxylation is 1. The molecule has 1 aromatic rings. The van der Waals surface area contributed by atoms with Crippen molar-refractivity contribution in [3.63, 3.8) is 0 Å². The summed E-state index contributed by atoms with van der Waals surface area (Å²) in [6.07, 6.45) is -5.41. The molecule has 2 saturated heterocycles. The number of likely N-dealkylation sites (tertiary alicyclic amines) is 1. The third-order valence-electron chi connectivity index (χ3n) is 7.49. The number of pyridine rings is 1. The van der Waals surface area contributed by atoms with Crippen LogP contribution >= 0.6 is 0 Å². The van der Waals surface area contributed by atoms with E-state index >= 15 is 0 Å². The Bertz CT molecular complexity index is 1040. The van der Waals surface area contributed by atoms with E-state index in [4.69, 9.17) is 4.74 Å². The summed E-state index contributed by atoms with van der Waals surface area (Å²) < 4.78 is 95.3. The Morgan fingerprint density at radius 3 is 2.29 bits per heavy atom. The lowest BCUT2D eigenvalue weighted by Crippen LogP contribution is -2.62. The second kappa shape index (κ2) is 12.1. The maximum Gasteiger partial charge on any atom is 0.453 e. The maximum atomic E-state index is 13.6. The molecule has 0 unspecified atom stereocenters. The highest BCUT2D eigenvalue weighted by atomic mass is 32.2. The average molecular weight is 573 g/mol. The van der Waals surface area contributed by atoms with Crippen LogP contribution in [0.4, 0.5) is 22.0 Å². The van der Waals surface area contributed by atoms with E-state index < -0.39 is 45.6 Å². The van der Waals surface area contributed by atoms with Crippen LogP contribution in [-0.4, -0.2) is 97.0 Å². The standard InChI is InChI=1S/C23H33F5N4O5S/c1-37-15-14-31-12-8-21(9-13-31,20(33)30-34)38(35,36)32-10-5-18(6-11-32)19-3-2-17(16-29-19)4-7-22(24,25)23(26,27)28/h2-3,16,18,34H,4-15H2,1H3,(H,30,33). The predicted octanol–water partition coefficient (Wildman–Crippen LogP) is 2.71. The lowest BCUT2D eigenvalue weighted by Gasteiger charge is -2.43. The van der Waals surface area contributed by atoms with Crippen molar-refractivity contribution in [2.75, 3.05) is 46.4 Å². The molecule has 0 bridgehead atoms. The number of halogens is 5. The Morgan fingerprint density at radius 2 is 1.79 bits per heavy atom. The van der Waals surface area contributed by atoms with Crippen molar-refractivity contribution >= 4 is 15.9 Å². The van der Waals surface area contributed by atoms with Crippen molar-refractivity contribution in [2.24, 2.45) is 0 Å². The van der Waals surface area contributed by atoms with Gasteiger partial charge in [-0.05, 0) is 43.7 Å². The average Bonchev–Trinajstić information content (AvgIpc) is 2.90. The molecule has 0 saturated carbocycles. The van der Waals surface area contributed by atoms with Gasteiger partial charge in [-0.25, -0.2) is 18.2 Å². The highest BCUT2D eigenvalue weighted by molar-refractivity contribution is 7.91. The second-order valence-electron chi connectivity index (χ2n) is 9.74.